The molecule has 41 heavy (non-hydrogen) atoms. The normalized spacial score (nSPS) is 15.3. The fourth-order valence-electron chi connectivity index (χ4n) is 5.64. The van der Waals surface area contributed by atoms with E-state index in [0.29, 0.717) is 17.9 Å². The van der Waals surface area contributed by atoms with Gasteiger partial charge in [-0.25, -0.2) is 4.68 Å². The highest BCUT2D eigenvalue weighted by atomic mass is 16.5. The Morgan fingerprint density at radius 3 is 2.34 bits per heavy atom. The molecular formula is C32H35N7O2. The summed E-state index contributed by atoms with van der Waals surface area (Å²) in [5.74, 6) is 1.54. The second kappa shape index (κ2) is 12.0. The topological polar surface area (TPSA) is 92.2 Å². The van der Waals surface area contributed by atoms with Crippen LogP contribution in [0.2, 0.25) is 0 Å². The van der Waals surface area contributed by atoms with Crippen molar-refractivity contribution in [3.8, 4) is 5.75 Å². The van der Waals surface area contributed by atoms with Crippen molar-refractivity contribution < 1.29 is 4.74 Å². The average Bonchev–Trinajstić information content (AvgIpc) is 3.46. The Morgan fingerprint density at radius 2 is 1.61 bits per heavy atom. The van der Waals surface area contributed by atoms with Crippen molar-refractivity contribution in [3.63, 3.8) is 0 Å². The van der Waals surface area contributed by atoms with Gasteiger partial charge in [0, 0.05) is 43.8 Å². The zero-order valence-electron chi connectivity index (χ0n) is 23.5. The molecule has 9 heteroatoms. The molecule has 1 aliphatic rings. The van der Waals surface area contributed by atoms with Crippen LogP contribution in [-0.4, -0.2) is 68.3 Å². The SMILES string of the molecule is CCc1ccc2[nH]c(=O)c(C(c3nnnn3Cc3ccccc3)N3CCN(Cc4ccc(OC)cc4)CC3)cc2c1. The summed E-state index contributed by atoms with van der Waals surface area (Å²) < 4.78 is 7.14. The molecule has 1 fully saturated rings. The van der Waals surface area contributed by atoms with Crippen molar-refractivity contribution in [2.75, 3.05) is 33.3 Å². The van der Waals surface area contributed by atoms with Gasteiger partial charge in [0.1, 0.15) is 11.8 Å². The smallest absolute Gasteiger partial charge is 0.253 e. The van der Waals surface area contributed by atoms with Crippen LogP contribution in [0.15, 0.2) is 83.7 Å². The maximum absolute atomic E-state index is 13.6. The number of hydrogen-bond donors (Lipinski definition) is 1. The molecule has 0 saturated carbocycles. The third kappa shape index (κ3) is 5.91. The molecule has 0 bridgehead atoms. The monoisotopic (exact) mass is 549 g/mol. The lowest BCUT2D eigenvalue weighted by Gasteiger charge is -2.38. The van der Waals surface area contributed by atoms with E-state index in [0.717, 1.165) is 61.4 Å². The van der Waals surface area contributed by atoms with E-state index in [1.165, 1.54) is 11.1 Å². The van der Waals surface area contributed by atoms with E-state index in [1.54, 1.807) is 7.11 Å². The molecule has 0 spiro atoms. The molecule has 0 radical (unpaired) electrons. The zero-order valence-corrected chi connectivity index (χ0v) is 23.5. The molecule has 1 aliphatic heterocycles. The Labute approximate surface area is 239 Å². The number of hydrogen-bond acceptors (Lipinski definition) is 7. The number of H-pyrrole nitrogens is 1. The number of aromatic amines is 1. The Bertz CT molecular complexity index is 1660. The number of pyridine rings is 1. The van der Waals surface area contributed by atoms with Crippen molar-refractivity contribution >= 4 is 10.9 Å². The van der Waals surface area contributed by atoms with Gasteiger partial charge in [-0.15, -0.1) is 5.10 Å². The fraction of sp³-hybridized carbons (Fsp3) is 0.312. The molecule has 3 aromatic carbocycles. The van der Waals surface area contributed by atoms with Crippen LogP contribution in [-0.2, 0) is 19.5 Å². The number of fused-ring (bicyclic) bond motifs is 1. The molecule has 1 atom stereocenters. The predicted molar refractivity (Wildman–Crippen MR) is 159 cm³/mol. The first-order valence-electron chi connectivity index (χ1n) is 14.2. The largest absolute Gasteiger partial charge is 0.497 e. The summed E-state index contributed by atoms with van der Waals surface area (Å²) in [6.45, 7) is 6.84. The minimum absolute atomic E-state index is 0.110. The molecule has 1 saturated heterocycles. The van der Waals surface area contributed by atoms with Gasteiger partial charge in [-0.1, -0.05) is 55.5 Å². The summed E-state index contributed by atoms with van der Waals surface area (Å²) >= 11 is 0. The van der Waals surface area contributed by atoms with Crippen molar-refractivity contribution in [2.24, 2.45) is 0 Å². The first kappa shape index (κ1) is 26.9. The first-order valence-corrected chi connectivity index (χ1v) is 14.2. The number of aromatic nitrogens is 5. The highest BCUT2D eigenvalue weighted by Gasteiger charge is 2.32. The number of nitrogens with one attached hydrogen (secondary N) is 1. The Morgan fingerprint density at radius 1 is 0.878 bits per heavy atom. The number of aryl methyl sites for hydroxylation is 1. The van der Waals surface area contributed by atoms with Crippen molar-refractivity contribution in [3.05, 3.63) is 117 Å². The van der Waals surface area contributed by atoms with Crippen LogP contribution in [0, 0.1) is 0 Å². The highest BCUT2D eigenvalue weighted by molar-refractivity contribution is 5.80. The van der Waals surface area contributed by atoms with Gasteiger partial charge in [-0.2, -0.15) is 0 Å². The average molecular weight is 550 g/mol. The Kier molecular flexibility index (Phi) is 7.89. The second-order valence-electron chi connectivity index (χ2n) is 10.6. The van der Waals surface area contributed by atoms with E-state index < -0.39 is 0 Å². The molecule has 5 aromatic rings. The van der Waals surface area contributed by atoms with Crippen molar-refractivity contribution in [1.82, 2.24) is 35.0 Å². The van der Waals surface area contributed by atoms with E-state index in [9.17, 15) is 4.79 Å². The Balaban J connectivity index is 1.32. The molecular weight excluding hydrogens is 514 g/mol. The number of rotatable bonds is 9. The van der Waals surface area contributed by atoms with Gasteiger partial charge >= 0.3 is 0 Å². The van der Waals surface area contributed by atoms with Gasteiger partial charge in [0.15, 0.2) is 5.82 Å². The number of methoxy groups -OCH3 is 1. The van der Waals surface area contributed by atoms with Gasteiger partial charge in [0.05, 0.1) is 13.7 Å². The van der Waals surface area contributed by atoms with Crippen LogP contribution < -0.4 is 10.3 Å². The Hall–Kier alpha value is -4.34. The molecule has 9 nitrogen and oxygen atoms in total. The summed E-state index contributed by atoms with van der Waals surface area (Å²) in [6, 6.07) is 26.3. The van der Waals surface area contributed by atoms with Crippen LogP contribution >= 0.6 is 0 Å². The maximum atomic E-state index is 13.6. The van der Waals surface area contributed by atoms with Gasteiger partial charge in [-0.3, -0.25) is 14.6 Å². The van der Waals surface area contributed by atoms with E-state index in [4.69, 9.17) is 4.74 Å². The lowest BCUT2D eigenvalue weighted by Crippen LogP contribution is -2.48. The van der Waals surface area contributed by atoms with Gasteiger partial charge < -0.3 is 9.72 Å². The quantitative estimate of drug-likeness (QED) is 0.297. The van der Waals surface area contributed by atoms with Gasteiger partial charge in [0.25, 0.3) is 5.56 Å². The van der Waals surface area contributed by atoms with Crippen LogP contribution in [0.3, 0.4) is 0 Å². The molecule has 210 valence electrons. The van der Waals surface area contributed by atoms with Crippen molar-refractivity contribution in [2.45, 2.75) is 32.5 Å². The van der Waals surface area contributed by atoms with Crippen LogP contribution in [0.1, 0.15) is 41.0 Å². The number of tetrazole rings is 1. The van der Waals surface area contributed by atoms with Crippen LogP contribution in [0.4, 0.5) is 0 Å². The van der Waals surface area contributed by atoms with Crippen molar-refractivity contribution in [1.29, 1.82) is 0 Å². The number of benzene rings is 3. The lowest BCUT2D eigenvalue weighted by atomic mass is 10.0. The summed E-state index contributed by atoms with van der Waals surface area (Å²) in [4.78, 5) is 21.5. The van der Waals surface area contributed by atoms with E-state index >= 15 is 0 Å². The maximum Gasteiger partial charge on any atom is 0.253 e. The first-order chi connectivity index (χ1) is 20.1. The number of ether oxygens (including phenoxy) is 1. The summed E-state index contributed by atoms with van der Waals surface area (Å²) in [5, 5.41) is 13.9. The standard InChI is InChI=1S/C32H35N7O2/c1-3-23-11-14-29-26(19-23)20-28(32(40)33-29)30(31-34-35-36-39(31)22-24-7-5-4-6-8-24)38-17-15-37(16-18-38)21-25-9-12-27(41-2)13-10-25/h4-14,19-20,30H,3,15-18,21-22H2,1-2H3,(H,33,40). The zero-order chi connectivity index (χ0) is 28.2. The van der Waals surface area contributed by atoms with Crippen LogP contribution in [0.5, 0.6) is 5.75 Å². The molecule has 3 heterocycles. The molecule has 1 unspecified atom stereocenters. The van der Waals surface area contributed by atoms with E-state index in [1.807, 2.05) is 47.1 Å². The minimum Gasteiger partial charge on any atom is -0.497 e. The highest BCUT2D eigenvalue weighted by Crippen LogP contribution is 2.29. The molecule has 6 rings (SSSR count). The molecule has 1 N–H and O–H groups in total. The third-order valence-corrected chi connectivity index (χ3v) is 7.96. The van der Waals surface area contributed by atoms with E-state index in [2.05, 4.69) is 73.6 Å². The second-order valence-corrected chi connectivity index (χ2v) is 10.6. The van der Waals surface area contributed by atoms with Gasteiger partial charge in [0.2, 0.25) is 0 Å². The summed E-state index contributed by atoms with van der Waals surface area (Å²) in [5.41, 5.74) is 4.97. The number of nitrogens with zero attached hydrogens (tertiary/aromatic N) is 6. The third-order valence-electron chi connectivity index (χ3n) is 7.96. The minimum atomic E-state index is -0.379. The summed E-state index contributed by atoms with van der Waals surface area (Å²) in [7, 11) is 1.68. The predicted octanol–water partition coefficient (Wildman–Crippen LogP) is 4.04. The fourth-order valence-corrected chi connectivity index (χ4v) is 5.64. The van der Waals surface area contributed by atoms with E-state index in [-0.39, 0.29) is 11.6 Å². The molecule has 0 amide bonds. The lowest BCUT2D eigenvalue weighted by molar-refractivity contribution is 0.0998. The van der Waals surface area contributed by atoms with Crippen LogP contribution in [0.25, 0.3) is 10.9 Å². The molecule has 2 aromatic heterocycles. The molecule has 0 aliphatic carbocycles. The summed E-state index contributed by atoms with van der Waals surface area (Å²) in [6.07, 6.45) is 0.930. The number of piperazine rings is 1. The van der Waals surface area contributed by atoms with Gasteiger partial charge in [-0.05, 0) is 69.3 Å².